The molecule has 0 saturated carbocycles. The smallest absolute Gasteiger partial charge is 0.354 e. The Balaban J connectivity index is 2.29. The fraction of sp³-hybridized carbons (Fsp3) is 0.273. The molecule has 0 aliphatic rings. The second-order valence-corrected chi connectivity index (χ2v) is 4.62. The highest BCUT2D eigenvalue weighted by atomic mass is 32.1. The lowest BCUT2D eigenvalue weighted by atomic mass is 10.3. The van der Waals surface area contributed by atoms with Crippen LogP contribution >= 0.6 is 11.3 Å². The number of nitrogens with zero attached hydrogens (tertiary/aromatic N) is 3. The van der Waals surface area contributed by atoms with Crippen molar-refractivity contribution >= 4 is 17.3 Å². The molecular formula is C11H11N3O2S. The van der Waals surface area contributed by atoms with Crippen molar-refractivity contribution in [3.8, 4) is 0 Å². The van der Waals surface area contributed by atoms with Gasteiger partial charge in [0.1, 0.15) is 10.8 Å². The molecule has 1 N–H and O–H groups in total. The molecule has 0 unspecified atom stereocenters. The van der Waals surface area contributed by atoms with E-state index in [0.29, 0.717) is 17.9 Å². The predicted octanol–water partition coefficient (Wildman–Crippen LogP) is 1.84. The Kier molecular flexibility index (Phi) is 3.14. The molecule has 2 heterocycles. The van der Waals surface area contributed by atoms with E-state index < -0.39 is 5.97 Å². The summed E-state index contributed by atoms with van der Waals surface area (Å²) >= 11 is 1.53. The highest BCUT2D eigenvalue weighted by Gasteiger charge is 2.10. The molecule has 2 rings (SSSR count). The van der Waals surface area contributed by atoms with Crippen LogP contribution in [-0.4, -0.2) is 26.0 Å². The zero-order valence-electron chi connectivity index (χ0n) is 9.47. The van der Waals surface area contributed by atoms with Gasteiger partial charge in [0.25, 0.3) is 0 Å². The summed E-state index contributed by atoms with van der Waals surface area (Å²) in [5, 5.41) is 11.7. The number of hydrogen-bond donors (Lipinski definition) is 1. The number of rotatable bonds is 3. The third-order valence-electron chi connectivity index (χ3n) is 2.10. The maximum Gasteiger partial charge on any atom is 0.354 e. The normalized spacial score (nSPS) is 10.5. The molecule has 0 saturated heterocycles. The summed E-state index contributed by atoms with van der Waals surface area (Å²) in [6.07, 6.45) is 0.473. The minimum atomic E-state index is -1.04. The van der Waals surface area contributed by atoms with Crippen LogP contribution in [0.15, 0.2) is 11.4 Å². The van der Waals surface area contributed by atoms with Crippen LogP contribution in [0, 0.1) is 13.8 Å². The maximum absolute atomic E-state index is 10.9. The largest absolute Gasteiger partial charge is 0.477 e. The molecule has 0 fully saturated rings. The Bertz CT molecular complexity index is 566. The molecule has 2 aromatic rings. The van der Waals surface area contributed by atoms with Crippen molar-refractivity contribution in [2.24, 2.45) is 0 Å². The Morgan fingerprint density at radius 2 is 2.06 bits per heavy atom. The van der Waals surface area contributed by atoms with Crippen molar-refractivity contribution in [1.82, 2.24) is 15.0 Å². The molecule has 0 amide bonds. The molecule has 17 heavy (non-hydrogen) atoms. The number of carboxylic acids is 1. The van der Waals surface area contributed by atoms with E-state index in [1.807, 2.05) is 12.3 Å². The van der Waals surface area contributed by atoms with Crippen LogP contribution in [-0.2, 0) is 6.42 Å². The van der Waals surface area contributed by atoms with Gasteiger partial charge in [-0.2, -0.15) is 0 Å². The van der Waals surface area contributed by atoms with Gasteiger partial charge in [0.05, 0.1) is 6.42 Å². The van der Waals surface area contributed by atoms with E-state index in [4.69, 9.17) is 5.11 Å². The van der Waals surface area contributed by atoms with E-state index in [-0.39, 0.29) is 5.69 Å². The zero-order chi connectivity index (χ0) is 12.4. The second-order valence-electron chi connectivity index (χ2n) is 3.68. The van der Waals surface area contributed by atoms with Crippen molar-refractivity contribution in [3.63, 3.8) is 0 Å². The molecule has 0 aromatic carbocycles. The summed E-state index contributed by atoms with van der Waals surface area (Å²) in [7, 11) is 0. The third kappa shape index (κ3) is 2.85. The first-order valence-corrected chi connectivity index (χ1v) is 5.91. The molecule has 0 spiro atoms. The average Bonchev–Trinajstić information content (AvgIpc) is 2.63. The SMILES string of the molecule is Cc1cc(C(=O)O)nc(Cc2nc(C)cs2)n1. The highest BCUT2D eigenvalue weighted by molar-refractivity contribution is 7.09. The molecule has 0 bridgehead atoms. The van der Waals surface area contributed by atoms with Gasteiger partial charge in [0.15, 0.2) is 5.69 Å². The summed E-state index contributed by atoms with van der Waals surface area (Å²) in [4.78, 5) is 23.4. The predicted molar refractivity (Wildman–Crippen MR) is 63.4 cm³/mol. The molecule has 6 heteroatoms. The van der Waals surface area contributed by atoms with Gasteiger partial charge in [-0.05, 0) is 19.9 Å². The van der Waals surface area contributed by atoms with Gasteiger partial charge in [-0.25, -0.2) is 19.7 Å². The summed E-state index contributed by atoms with van der Waals surface area (Å²) in [5.41, 5.74) is 1.64. The Morgan fingerprint density at radius 1 is 1.29 bits per heavy atom. The van der Waals surface area contributed by atoms with Gasteiger partial charge in [-0.1, -0.05) is 0 Å². The summed E-state index contributed by atoms with van der Waals surface area (Å²) in [6.45, 7) is 3.67. The van der Waals surface area contributed by atoms with Crippen molar-refractivity contribution in [1.29, 1.82) is 0 Å². The van der Waals surface area contributed by atoms with E-state index in [9.17, 15) is 4.79 Å². The van der Waals surface area contributed by atoms with Crippen molar-refractivity contribution < 1.29 is 9.90 Å². The number of aromatic carboxylic acids is 1. The van der Waals surface area contributed by atoms with Gasteiger partial charge in [0, 0.05) is 16.8 Å². The first-order chi connectivity index (χ1) is 8.04. The standard InChI is InChI=1S/C11H11N3O2S/c1-6-3-8(11(15)16)14-9(12-6)4-10-13-7(2)5-17-10/h3,5H,4H2,1-2H3,(H,15,16). The molecular weight excluding hydrogens is 238 g/mol. The van der Waals surface area contributed by atoms with Crippen LogP contribution < -0.4 is 0 Å². The number of hydrogen-bond acceptors (Lipinski definition) is 5. The van der Waals surface area contributed by atoms with Crippen molar-refractivity contribution in [3.05, 3.63) is 39.4 Å². The van der Waals surface area contributed by atoms with Gasteiger partial charge in [0.2, 0.25) is 0 Å². The minimum Gasteiger partial charge on any atom is -0.477 e. The fourth-order valence-corrected chi connectivity index (χ4v) is 2.21. The molecule has 5 nitrogen and oxygen atoms in total. The number of aromatic nitrogens is 3. The Morgan fingerprint density at radius 3 is 2.65 bits per heavy atom. The van der Waals surface area contributed by atoms with Crippen molar-refractivity contribution in [2.45, 2.75) is 20.3 Å². The van der Waals surface area contributed by atoms with Crippen LogP contribution in [0.25, 0.3) is 0 Å². The topological polar surface area (TPSA) is 76.0 Å². The Hall–Kier alpha value is -1.82. The first-order valence-electron chi connectivity index (χ1n) is 5.03. The van der Waals surface area contributed by atoms with Crippen LogP contribution in [0.5, 0.6) is 0 Å². The molecule has 0 radical (unpaired) electrons. The monoisotopic (exact) mass is 249 g/mol. The number of carboxylic acid groups (broad SMARTS) is 1. The number of aryl methyl sites for hydroxylation is 2. The molecule has 88 valence electrons. The van der Waals surface area contributed by atoms with Gasteiger partial charge in [-0.15, -0.1) is 11.3 Å². The summed E-state index contributed by atoms with van der Waals surface area (Å²) in [6, 6.07) is 1.46. The number of thiazole rings is 1. The lowest BCUT2D eigenvalue weighted by Crippen LogP contribution is -2.07. The van der Waals surface area contributed by atoms with Gasteiger partial charge >= 0.3 is 5.97 Å². The van der Waals surface area contributed by atoms with Gasteiger partial charge < -0.3 is 5.11 Å². The second kappa shape index (κ2) is 4.58. The quantitative estimate of drug-likeness (QED) is 0.898. The van der Waals surface area contributed by atoms with Crippen LogP contribution in [0.3, 0.4) is 0 Å². The minimum absolute atomic E-state index is 0.0285. The fourth-order valence-electron chi connectivity index (χ4n) is 1.44. The van der Waals surface area contributed by atoms with Crippen LogP contribution in [0.4, 0.5) is 0 Å². The van der Waals surface area contributed by atoms with E-state index in [1.54, 1.807) is 6.92 Å². The van der Waals surface area contributed by atoms with E-state index in [1.165, 1.54) is 17.4 Å². The molecule has 2 aromatic heterocycles. The first kappa shape index (κ1) is 11.7. The molecule has 0 aliphatic carbocycles. The van der Waals surface area contributed by atoms with Crippen molar-refractivity contribution in [2.75, 3.05) is 0 Å². The van der Waals surface area contributed by atoms with Crippen LogP contribution in [0.2, 0.25) is 0 Å². The molecule has 0 atom stereocenters. The van der Waals surface area contributed by atoms with Crippen LogP contribution in [0.1, 0.15) is 32.7 Å². The maximum atomic E-state index is 10.9. The van der Waals surface area contributed by atoms with E-state index in [0.717, 1.165) is 10.7 Å². The van der Waals surface area contributed by atoms with E-state index >= 15 is 0 Å². The molecule has 0 aliphatic heterocycles. The summed E-state index contributed by atoms with van der Waals surface area (Å²) in [5.74, 6) is -0.538. The Labute approximate surface area is 102 Å². The highest BCUT2D eigenvalue weighted by Crippen LogP contribution is 2.12. The lowest BCUT2D eigenvalue weighted by molar-refractivity contribution is 0.0689. The summed E-state index contributed by atoms with van der Waals surface area (Å²) < 4.78 is 0. The third-order valence-corrected chi connectivity index (χ3v) is 3.06. The van der Waals surface area contributed by atoms with E-state index in [2.05, 4.69) is 15.0 Å². The zero-order valence-corrected chi connectivity index (χ0v) is 10.3. The number of carbonyl (C=O) groups is 1. The average molecular weight is 249 g/mol. The lowest BCUT2D eigenvalue weighted by Gasteiger charge is -2.01. The van der Waals surface area contributed by atoms with Gasteiger partial charge in [-0.3, -0.25) is 0 Å².